The van der Waals surface area contributed by atoms with Gasteiger partial charge in [0.25, 0.3) is 0 Å². The van der Waals surface area contributed by atoms with E-state index in [1.54, 1.807) is 5.56 Å². The Kier molecular flexibility index (Phi) is 4.24. The second kappa shape index (κ2) is 6.09. The van der Waals surface area contributed by atoms with Crippen molar-refractivity contribution < 1.29 is 4.74 Å². The highest BCUT2D eigenvalue weighted by atomic mass is 32.2. The van der Waals surface area contributed by atoms with Crippen LogP contribution in [0.15, 0.2) is 23.1 Å². The Labute approximate surface area is 113 Å². The van der Waals surface area contributed by atoms with Crippen LogP contribution in [0.2, 0.25) is 0 Å². The molecule has 3 rings (SSSR count). The summed E-state index contributed by atoms with van der Waals surface area (Å²) in [5, 5.41) is 3.52. The Balaban J connectivity index is 1.58. The largest absolute Gasteiger partial charge is 0.379 e. The Bertz CT molecular complexity index is 401. The molecule has 1 N–H and O–H groups in total. The Morgan fingerprint density at radius 2 is 2.39 bits per heavy atom. The maximum atomic E-state index is 5.50. The molecule has 0 aromatic heterocycles. The first-order valence-electron chi connectivity index (χ1n) is 6.97. The predicted octanol–water partition coefficient (Wildman–Crippen LogP) is 2.65. The SMILES string of the molecule is c1cc2c(cc1CCC1COCCN1)CCCS2. The van der Waals surface area contributed by atoms with E-state index in [1.165, 1.54) is 41.9 Å². The molecule has 0 aliphatic carbocycles. The Morgan fingerprint density at radius 1 is 1.39 bits per heavy atom. The molecule has 2 heterocycles. The third kappa shape index (κ3) is 3.08. The number of thioether (sulfide) groups is 1. The zero-order valence-electron chi connectivity index (χ0n) is 10.8. The number of hydrogen-bond acceptors (Lipinski definition) is 3. The molecule has 1 fully saturated rings. The molecule has 0 spiro atoms. The Hall–Kier alpha value is -0.510. The monoisotopic (exact) mass is 263 g/mol. The van der Waals surface area contributed by atoms with Crippen molar-refractivity contribution in [2.75, 3.05) is 25.5 Å². The highest BCUT2D eigenvalue weighted by molar-refractivity contribution is 7.99. The van der Waals surface area contributed by atoms with Gasteiger partial charge in [0.05, 0.1) is 13.2 Å². The first-order chi connectivity index (χ1) is 8.92. The average Bonchev–Trinajstić information content (AvgIpc) is 2.46. The average molecular weight is 263 g/mol. The molecule has 98 valence electrons. The molecule has 2 aliphatic rings. The number of morpholine rings is 1. The normalized spacial score (nSPS) is 23.7. The number of hydrogen-bond donors (Lipinski definition) is 1. The number of ether oxygens (including phenoxy) is 1. The summed E-state index contributed by atoms with van der Waals surface area (Å²) in [4.78, 5) is 1.50. The zero-order chi connectivity index (χ0) is 12.2. The fourth-order valence-electron chi connectivity index (χ4n) is 2.72. The van der Waals surface area contributed by atoms with Crippen LogP contribution in [0.5, 0.6) is 0 Å². The topological polar surface area (TPSA) is 21.3 Å². The molecule has 18 heavy (non-hydrogen) atoms. The van der Waals surface area contributed by atoms with E-state index < -0.39 is 0 Å². The van der Waals surface area contributed by atoms with E-state index in [0.29, 0.717) is 6.04 Å². The van der Waals surface area contributed by atoms with Gasteiger partial charge in [0, 0.05) is 17.5 Å². The predicted molar refractivity (Wildman–Crippen MR) is 76.4 cm³/mol. The second-order valence-corrected chi connectivity index (χ2v) is 6.30. The molecule has 1 aromatic rings. The molecule has 3 heteroatoms. The van der Waals surface area contributed by atoms with Crippen molar-refractivity contribution in [3.63, 3.8) is 0 Å². The van der Waals surface area contributed by atoms with Crippen LogP contribution in [0.25, 0.3) is 0 Å². The van der Waals surface area contributed by atoms with Crippen LogP contribution in [-0.4, -0.2) is 31.6 Å². The number of nitrogens with one attached hydrogen (secondary N) is 1. The number of fused-ring (bicyclic) bond motifs is 1. The van der Waals surface area contributed by atoms with E-state index in [4.69, 9.17) is 4.74 Å². The summed E-state index contributed by atoms with van der Waals surface area (Å²) in [6.07, 6.45) is 4.95. The van der Waals surface area contributed by atoms with Crippen molar-refractivity contribution in [2.45, 2.75) is 36.6 Å². The van der Waals surface area contributed by atoms with Crippen molar-refractivity contribution in [1.82, 2.24) is 5.32 Å². The van der Waals surface area contributed by atoms with Gasteiger partial charge in [-0.15, -0.1) is 11.8 Å². The van der Waals surface area contributed by atoms with Crippen LogP contribution in [0, 0.1) is 0 Å². The van der Waals surface area contributed by atoms with Crippen molar-refractivity contribution in [1.29, 1.82) is 0 Å². The summed E-state index contributed by atoms with van der Waals surface area (Å²) >= 11 is 2.01. The van der Waals surface area contributed by atoms with E-state index in [0.717, 1.165) is 19.8 Å². The number of aryl methyl sites for hydroxylation is 2. The van der Waals surface area contributed by atoms with Gasteiger partial charge in [0.1, 0.15) is 0 Å². The highest BCUT2D eigenvalue weighted by Crippen LogP contribution is 2.30. The standard InChI is InChI=1S/C15H21NOS/c1-2-13-10-12(4-6-15(13)18-9-1)3-5-14-11-17-8-7-16-14/h4,6,10,14,16H,1-3,5,7-9,11H2. The molecule has 1 atom stereocenters. The lowest BCUT2D eigenvalue weighted by Gasteiger charge is -2.24. The van der Waals surface area contributed by atoms with Crippen molar-refractivity contribution >= 4 is 11.8 Å². The summed E-state index contributed by atoms with van der Waals surface area (Å²) in [5.41, 5.74) is 3.06. The first-order valence-corrected chi connectivity index (χ1v) is 7.96. The molecule has 1 aromatic carbocycles. The molecular formula is C15H21NOS. The molecule has 2 nitrogen and oxygen atoms in total. The molecule has 0 amide bonds. The maximum Gasteiger partial charge on any atom is 0.0620 e. The lowest BCUT2D eigenvalue weighted by Crippen LogP contribution is -2.41. The van der Waals surface area contributed by atoms with Gasteiger partial charge in [-0.05, 0) is 48.6 Å². The molecular weight excluding hydrogens is 242 g/mol. The first kappa shape index (κ1) is 12.5. The summed E-state index contributed by atoms with van der Waals surface area (Å²) in [6, 6.07) is 7.59. The molecule has 2 aliphatic heterocycles. The van der Waals surface area contributed by atoms with E-state index in [9.17, 15) is 0 Å². The quantitative estimate of drug-likeness (QED) is 0.906. The van der Waals surface area contributed by atoms with Gasteiger partial charge in [-0.25, -0.2) is 0 Å². The van der Waals surface area contributed by atoms with Gasteiger partial charge < -0.3 is 10.1 Å². The van der Waals surface area contributed by atoms with Crippen LogP contribution in [0.4, 0.5) is 0 Å². The molecule has 0 saturated carbocycles. The van der Waals surface area contributed by atoms with E-state index in [-0.39, 0.29) is 0 Å². The minimum absolute atomic E-state index is 0.546. The molecule has 1 saturated heterocycles. The maximum absolute atomic E-state index is 5.50. The number of rotatable bonds is 3. The fraction of sp³-hybridized carbons (Fsp3) is 0.600. The lowest BCUT2D eigenvalue weighted by atomic mass is 10.0. The van der Waals surface area contributed by atoms with Crippen LogP contribution < -0.4 is 5.32 Å². The van der Waals surface area contributed by atoms with Gasteiger partial charge in [-0.2, -0.15) is 0 Å². The van der Waals surface area contributed by atoms with Gasteiger partial charge in [0.2, 0.25) is 0 Å². The van der Waals surface area contributed by atoms with E-state index >= 15 is 0 Å². The van der Waals surface area contributed by atoms with Crippen molar-refractivity contribution in [3.8, 4) is 0 Å². The summed E-state index contributed by atoms with van der Waals surface area (Å²) in [6.45, 7) is 2.75. The second-order valence-electron chi connectivity index (χ2n) is 5.16. The van der Waals surface area contributed by atoms with Gasteiger partial charge in [-0.1, -0.05) is 12.1 Å². The van der Waals surface area contributed by atoms with E-state index in [2.05, 4.69) is 23.5 Å². The smallest absolute Gasteiger partial charge is 0.0620 e. The van der Waals surface area contributed by atoms with Crippen LogP contribution >= 0.6 is 11.8 Å². The van der Waals surface area contributed by atoms with Crippen LogP contribution in [0.3, 0.4) is 0 Å². The lowest BCUT2D eigenvalue weighted by molar-refractivity contribution is 0.0743. The summed E-state index contributed by atoms with van der Waals surface area (Å²) in [5.74, 6) is 1.29. The third-order valence-corrected chi connectivity index (χ3v) is 4.95. The van der Waals surface area contributed by atoms with E-state index in [1.807, 2.05) is 11.8 Å². The summed E-state index contributed by atoms with van der Waals surface area (Å²) in [7, 11) is 0. The fourth-order valence-corrected chi connectivity index (χ4v) is 3.73. The molecule has 0 bridgehead atoms. The highest BCUT2D eigenvalue weighted by Gasteiger charge is 2.14. The van der Waals surface area contributed by atoms with Crippen LogP contribution in [-0.2, 0) is 17.6 Å². The minimum Gasteiger partial charge on any atom is -0.379 e. The third-order valence-electron chi connectivity index (χ3n) is 3.75. The van der Waals surface area contributed by atoms with Gasteiger partial charge >= 0.3 is 0 Å². The van der Waals surface area contributed by atoms with Crippen LogP contribution in [0.1, 0.15) is 24.0 Å². The van der Waals surface area contributed by atoms with Crippen molar-refractivity contribution in [3.05, 3.63) is 29.3 Å². The summed E-state index contributed by atoms with van der Waals surface area (Å²) < 4.78 is 5.50. The molecule has 0 radical (unpaired) electrons. The minimum atomic E-state index is 0.546. The van der Waals surface area contributed by atoms with Crippen molar-refractivity contribution in [2.24, 2.45) is 0 Å². The Morgan fingerprint density at radius 3 is 3.28 bits per heavy atom. The van der Waals surface area contributed by atoms with Gasteiger partial charge in [-0.3, -0.25) is 0 Å². The number of benzene rings is 1. The van der Waals surface area contributed by atoms with Gasteiger partial charge in [0.15, 0.2) is 0 Å². The zero-order valence-corrected chi connectivity index (χ0v) is 11.6. The molecule has 1 unspecified atom stereocenters.